The molecule has 1 fully saturated rings. The zero-order chi connectivity index (χ0) is 11.7. The molecule has 0 aromatic carbocycles. The minimum Gasteiger partial charge on any atom is -0.388 e. The van der Waals surface area contributed by atoms with Gasteiger partial charge in [0.2, 0.25) is 5.91 Å². The first-order valence-electron chi connectivity index (χ1n) is 5.65. The molecular formula is C12H17NO3. The normalized spacial score (nSPS) is 31.8. The van der Waals surface area contributed by atoms with Crippen molar-refractivity contribution in [2.24, 2.45) is 0 Å². The highest BCUT2D eigenvalue weighted by atomic mass is 16.4. The average molecular weight is 223 g/mol. The maximum Gasteiger partial charge on any atom is 0.227 e. The average Bonchev–Trinajstić information content (AvgIpc) is 2.54. The van der Waals surface area contributed by atoms with E-state index in [9.17, 15) is 15.0 Å². The van der Waals surface area contributed by atoms with Crippen LogP contribution >= 0.6 is 0 Å². The Morgan fingerprint density at radius 2 is 2.19 bits per heavy atom. The molecule has 1 unspecified atom stereocenters. The Hall–Kier alpha value is -1.13. The minimum absolute atomic E-state index is 0.0164. The van der Waals surface area contributed by atoms with E-state index in [1.807, 2.05) is 13.0 Å². The van der Waals surface area contributed by atoms with Gasteiger partial charge in [0, 0.05) is 0 Å². The van der Waals surface area contributed by atoms with E-state index < -0.39 is 12.3 Å². The molecule has 1 amide bonds. The molecule has 16 heavy (non-hydrogen) atoms. The zero-order valence-corrected chi connectivity index (χ0v) is 9.34. The van der Waals surface area contributed by atoms with Crippen molar-refractivity contribution >= 4 is 5.91 Å². The monoisotopic (exact) mass is 223 g/mol. The summed E-state index contributed by atoms with van der Waals surface area (Å²) in [5, 5.41) is 19.2. The smallest absolute Gasteiger partial charge is 0.227 e. The zero-order valence-electron chi connectivity index (χ0n) is 9.34. The van der Waals surface area contributed by atoms with Gasteiger partial charge >= 0.3 is 0 Å². The fourth-order valence-corrected chi connectivity index (χ4v) is 2.27. The molecule has 1 aliphatic carbocycles. The first kappa shape index (κ1) is 11.4. The van der Waals surface area contributed by atoms with Crippen LogP contribution in [0.25, 0.3) is 0 Å². The number of rotatable bonds is 2. The lowest BCUT2D eigenvalue weighted by molar-refractivity contribution is -0.136. The molecule has 0 saturated carbocycles. The van der Waals surface area contributed by atoms with E-state index in [1.165, 1.54) is 4.90 Å². The highest BCUT2D eigenvalue weighted by Gasteiger charge is 2.40. The van der Waals surface area contributed by atoms with E-state index in [0.717, 1.165) is 18.4 Å². The summed E-state index contributed by atoms with van der Waals surface area (Å²) in [6.45, 7) is 1.88. The molecule has 2 rings (SSSR count). The van der Waals surface area contributed by atoms with Gasteiger partial charge in [-0.3, -0.25) is 4.79 Å². The Kier molecular flexibility index (Phi) is 3.12. The van der Waals surface area contributed by atoms with Gasteiger partial charge in [0.25, 0.3) is 0 Å². The number of hydrogen-bond acceptors (Lipinski definition) is 3. The Morgan fingerprint density at radius 3 is 2.69 bits per heavy atom. The molecule has 0 aromatic rings. The predicted octanol–water partition coefficient (Wildman–Crippen LogP) is 0.563. The number of aliphatic hydroxyl groups excluding tert-OH is 2. The number of amides is 1. The number of carbonyl (C=O) groups excluding carboxylic acids is 1. The topological polar surface area (TPSA) is 60.8 Å². The molecule has 3 atom stereocenters. The van der Waals surface area contributed by atoms with Crippen LogP contribution in [0.1, 0.15) is 26.2 Å². The van der Waals surface area contributed by atoms with Crippen molar-refractivity contribution in [2.45, 2.75) is 44.6 Å². The molecular weight excluding hydrogens is 206 g/mol. The number of carbonyl (C=O) groups is 1. The van der Waals surface area contributed by atoms with Gasteiger partial charge in [-0.1, -0.05) is 18.2 Å². The van der Waals surface area contributed by atoms with Gasteiger partial charge in [0.15, 0.2) is 6.23 Å². The second kappa shape index (κ2) is 4.39. The van der Waals surface area contributed by atoms with Crippen molar-refractivity contribution in [3.63, 3.8) is 0 Å². The summed E-state index contributed by atoms with van der Waals surface area (Å²) in [6.07, 6.45) is 6.11. The summed E-state index contributed by atoms with van der Waals surface area (Å²) in [4.78, 5) is 13.0. The summed E-state index contributed by atoms with van der Waals surface area (Å²) in [7, 11) is 0. The number of hydrogen-bond donors (Lipinski definition) is 2. The molecule has 0 spiro atoms. The highest BCUT2D eigenvalue weighted by Crippen LogP contribution is 2.25. The number of likely N-dealkylation sites (tertiary alicyclic amines) is 1. The second-order valence-electron chi connectivity index (χ2n) is 4.35. The first-order valence-corrected chi connectivity index (χ1v) is 5.65. The van der Waals surface area contributed by atoms with Gasteiger partial charge in [-0.05, 0) is 25.3 Å². The lowest BCUT2D eigenvalue weighted by Crippen LogP contribution is -2.43. The SMILES string of the molecule is C[C@@H](C1=CCCC=C1)N1C(=O)C[C@@H](O)C1O. The van der Waals surface area contributed by atoms with Crippen molar-refractivity contribution in [1.82, 2.24) is 4.90 Å². The van der Waals surface area contributed by atoms with Crippen molar-refractivity contribution in [2.75, 3.05) is 0 Å². The molecule has 2 N–H and O–H groups in total. The maximum atomic E-state index is 11.6. The van der Waals surface area contributed by atoms with E-state index in [4.69, 9.17) is 0 Å². The molecule has 0 aromatic heterocycles. The summed E-state index contributed by atoms with van der Waals surface area (Å²) < 4.78 is 0. The van der Waals surface area contributed by atoms with E-state index in [-0.39, 0.29) is 18.4 Å². The molecule has 1 heterocycles. The Balaban J connectivity index is 2.15. The quantitative estimate of drug-likeness (QED) is 0.719. The fourth-order valence-electron chi connectivity index (χ4n) is 2.27. The van der Waals surface area contributed by atoms with Crippen LogP contribution in [0.5, 0.6) is 0 Å². The van der Waals surface area contributed by atoms with Gasteiger partial charge < -0.3 is 15.1 Å². The molecule has 1 aliphatic heterocycles. The van der Waals surface area contributed by atoms with Crippen LogP contribution in [0, 0.1) is 0 Å². The van der Waals surface area contributed by atoms with Gasteiger partial charge in [-0.2, -0.15) is 0 Å². The van der Waals surface area contributed by atoms with Gasteiger partial charge in [-0.25, -0.2) is 0 Å². The van der Waals surface area contributed by atoms with Crippen molar-refractivity contribution < 1.29 is 15.0 Å². The lowest BCUT2D eigenvalue weighted by atomic mass is 10.0. The van der Waals surface area contributed by atoms with Crippen molar-refractivity contribution in [3.8, 4) is 0 Å². The molecule has 0 bridgehead atoms. The van der Waals surface area contributed by atoms with Crippen molar-refractivity contribution in [1.29, 1.82) is 0 Å². The molecule has 4 nitrogen and oxygen atoms in total. The summed E-state index contributed by atoms with van der Waals surface area (Å²) in [5.41, 5.74) is 1.03. The largest absolute Gasteiger partial charge is 0.388 e. The van der Waals surface area contributed by atoms with Crippen molar-refractivity contribution in [3.05, 3.63) is 23.8 Å². The van der Waals surface area contributed by atoms with Crippen LogP contribution in [-0.2, 0) is 4.79 Å². The Labute approximate surface area is 94.9 Å². The van der Waals surface area contributed by atoms with Gasteiger partial charge in [-0.15, -0.1) is 0 Å². The molecule has 0 radical (unpaired) electrons. The van der Waals surface area contributed by atoms with Gasteiger partial charge in [0.05, 0.1) is 12.5 Å². The summed E-state index contributed by atoms with van der Waals surface area (Å²) >= 11 is 0. The maximum absolute atomic E-state index is 11.6. The molecule has 2 aliphatic rings. The van der Waals surface area contributed by atoms with Crippen LogP contribution < -0.4 is 0 Å². The van der Waals surface area contributed by atoms with Crippen LogP contribution in [0.2, 0.25) is 0 Å². The molecule has 88 valence electrons. The molecule has 4 heteroatoms. The van der Waals surface area contributed by atoms with Crippen LogP contribution in [0.15, 0.2) is 23.8 Å². The Bertz CT molecular complexity index is 348. The van der Waals surface area contributed by atoms with E-state index in [1.54, 1.807) is 0 Å². The van der Waals surface area contributed by atoms with Crippen LogP contribution in [0.3, 0.4) is 0 Å². The predicted molar refractivity (Wildman–Crippen MR) is 59.4 cm³/mol. The Morgan fingerprint density at radius 1 is 1.44 bits per heavy atom. The molecule has 1 saturated heterocycles. The van der Waals surface area contributed by atoms with E-state index in [2.05, 4.69) is 12.2 Å². The first-order chi connectivity index (χ1) is 7.61. The van der Waals surface area contributed by atoms with Gasteiger partial charge in [0.1, 0.15) is 6.10 Å². The second-order valence-corrected chi connectivity index (χ2v) is 4.35. The van der Waals surface area contributed by atoms with E-state index >= 15 is 0 Å². The number of aliphatic hydroxyl groups is 2. The fraction of sp³-hybridized carbons (Fsp3) is 0.583. The third-order valence-corrected chi connectivity index (χ3v) is 3.22. The third-order valence-electron chi connectivity index (χ3n) is 3.22. The van der Waals surface area contributed by atoms with Crippen LogP contribution in [-0.4, -0.2) is 39.4 Å². The number of nitrogens with zero attached hydrogens (tertiary/aromatic N) is 1. The standard InChI is InChI=1S/C12H17NO3/c1-8(9-5-3-2-4-6-9)13-11(15)7-10(14)12(13)16/h3,5-6,8,10,12,14,16H,2,4,7H2,1H3/t8-,10+,12?/m0/s1. The lowest BCUT2D eigenvalue weighted by Gasteiger charge is -2.30. The minimum atomic E-state index is -1.07. The third kappa shape index (κ3) is 1.90. The highest BCUT2D eigenvalue weighted by molar-refractivity contribution is 5.80. The summed E-state index contributed by atoms with van der Waals surface area (Å²) in [5.74, 6) is -0.188. The van der Waals surface area contributed by atoms with Crippen LogP contribution in [0.4, 0.5) is 0 Å². The van der Waals surface area contributed by atoms with E-state index in [0.29, 0.717) is 0 Å². The summed E-state index contributed by atoms with van der Waals surface area (Å²) in [6, 6.07) is -0.170. The number of allylic oxidation sites excluding steroid dienone is 2.